The molecule has 4 rings (SSSR count). The van der Waals surface area contributed by atoms with Gasteiger partial charge in [0.1, 0.15) is 6.61 Å². The number of rotatable bonds is 6. The molecule has 6 heteroatoms. The molecule has 0 aromatic heterocycles. The Hall–Kier alpha value is -2.41. The number of aliphatic hydroxyl groups is 1. The third-order valence-electron chi connectivity index (χ3n) is 5.05. The minimum atomic E-state index is -0.547. The minimum absolute atomic E-state index is 0.0113. The van der Waals surface area contributed by atoms with Gasteiger partial charge in [-0.05, 0) is 22.3 Å². The zero-order valence-electron chi connectivity index (χ0n) is 15.0. The van der Waals surface area contributed by atoms with Crippen LogP contribution in [-0.4, -0.2) is 50.0 Å². The van der Waals surface area contributed by atoms with Crippen LogP contribution in [0, 0.1) is 0 Å². The Morgan fingerprint density at radius 2 is 1.67 bits per heavy atom. The van der Waals surface area contributed by atoms with Crippen LogP contribution in [0.25, 0.3) is 11.1 Å². The van der Waals surface area contributed by atoms with Crippen LogP contribution in [0.3, 0.4) is 0 Å². The zero-order chi connectivity index (χ0) is 18.6. The molecule has 2 N–H and O–H groups in total. The van der Waals surface area contributed by atoms with E-state index < -0.39 is 18.4 Å². The molecular formula is C21H23NO5. The molecule has 2 aromatic rings. The third-order valence-corrected chi connectivity index (χ3v) is 5.05. The number of carbonyl (C=O) groups excluding carboxylic acids is 1. The van der Waals surface area contributed by atoms with Crippen molar-refractivity contribution in [1.82, 2.24) is 5.32 Å². The van der Waals surface area contributed by atoms with Crippen LogP contribution in [-0.2, 0) is 14.2 Å². The van der Waals surface area contributed by atoms with E-state index in [-0.39, 0.29) is 19.1 Å². The lowest BCUT2D eigenvalue weighted by atomic mass is 9.98. The lowest BCUT2D eigenvalue weighted by Gasteiger charge is -2.20. The van der Waals surface area contributed by atoms with Gasteiger partial charge in [-0.15, -0.1) is 0 Å². The molecule has 0 radical (unpaired) electrons. The van der Waals surface area contributed by atoms with E-state index >= 15 is 0 Å². The number of aliphatic hydroxyl groups excluding tert-OH is 1. The molecule has 1 fully saturated rings. The number of hydrogen-bond donors (Lipinski definition) is 2. The van der Waals surface area contributed by atoms with Crippen molar-refractivity contribution >= 4 is 6.09 Å². The lowest BCUT2D eigenvalue weighted by molar-refractivity contribution is -0.0555. The first-order valence-corrected chi connectivity index (χ1v) is 9.22. The number of nitrogens with one attached hydrogen (secondary N) is 1. The topological polar surface area (TPSA) is 77.0 Å². The van der Waals surface area contributed by atoms with Gasteiger partial charge in [0.25, 0.3) is 0 Å². The number of carbonyl (C=O) groups is 1. The number of alkyl carbamates (subject to hydrolysis) is 1. The second-order valence-electron chi connectivity index (χ2n) is 6.76. The van der Waals surface area contributed by atoms with Gasteiger partial charge in [-0.2, -0.15) is 0 Å². The van der Waals surface area contributed by atoms with Gasteiger partial charge in [-0.25, -0.2) is 4.79 Å². The third kappa shape index (κ3) is 3.83. The summed E-state index contributed by atoms with van der Waals surface area (Å²) in [5.74, 6) is 0.0113. The van der Waals surface area contributed by atoms with Crippen LogP contribution in [0.2, 0.25) is 0 Å². The van der Waals surface area contributed by atoms with Crippen LogP contribution in [0.1, 0.15) is 23.5 Å². The summed E-state index contributed by atoms with van der Waals surface area (Å²) < 4.78 is 16.2. The summed E-state index contributed by atoms with van der Waals surface area (Å²) in [6.45, 7) is 1.11. The Balaban J connectivity index is 1.38. The summed E-state index contributed by atoms with van der Waals surface area (Å²) in [7, 11) is 0. The number of ether oxygens (including phenoxy) is 3. The molecule has 1 unspecified atom stereocenters. The van der Waals surface area contributed by atoms with Gasteiger partial charge in [0, 0.05) is 12.3 Å². The number of hydrogen-bond acceptors (Lipinski definition) is 5. The maximum absolute atomic E-state index is 12.2. The van der Waals surface area contributed by atoms with Crippen molar-refractivity contribution in [3.63, 3.8) is 0 Å². The average Bonchev–Trinajstić information content (AvgIpc) is 3.32. The molecule has 1 amide bonds. The van der Waals surface area contributed by atoms with E-state index in [1.54, 1.807) is 0 Å². The van der Waals surface area contributed by atoms with E-state index in [2.05, 4.69) is 29.6 Å². The summed E-state index contributed by atoms with van der Waals surface area (Å²) in [6, 6.07) is 15.9. The second-order valence-corrected chi connectivity index (χ2v) is 6.76. The lowest BCUT2D eigenvalue weighted by Crippen LogP contribution is -2.40. The van der Waals surface area contributed by atoms with Crippen molar-refractivity contribution in [2.75, 3.05) is 26.4 Å². The smallest absolute Gasteiger partial charge is 0.407 e. The fourth-order valence-corrected chi connectivity index (χ4v) is 3.76. The highest BCUT2D eigenvalue weighted by Crippen LogP contribution is 2.44. The summed E-state index contributed by atoms with van der Waals surface area (Å²) in [5.41, 5.74) is 4.70. The standard InChI is InChI=1S/C21H23NO5/c23-12-14(11-20-25-9-10-26-20)22-21(24)27-13-19-17-7-3-1-5-15(17)16-6-2-4-8-18(16)19/h1-8,14,19-20,23H,9-13H2,(H,22,24). The van der Waals surface area contributed by atoms with Crippen LogP contribution in [0.15, 0.2) is 48.5 Å². The van der Waals surface area contributed by atoms with Crippen molar-refractivity contribution in [3.05, 3.63) is 59.7 Å². The first kappa shape index (κ1) is 18.0. The second kappa shape index (κ2) is 8.08. The number of amides is 1. The maximum atomic E-state index is 12.2. The molecule has 1 saturated heterocycles. The van der Waals surface area contributed by atoms with E-state index in [9.17, 15) is 9.90 Å². The highest BCUT2D eigenvalue weighted by molar-refractivity contribution is 5.79. The summed E-state index contributed by atoms with van der Waals surface area (Å²) in [4.78, 5) is 12.2. The Kier molecular flexibility index (Phi) is 5.38. The molecule has 2 aliphatic rings. The molecule has 142 valence electrons. The summed E-state index contributed by atoms with van der Waals surface area (Å²) in [5, 5.41) is 12.2. The van der Waals surface area contributed by atoms with Crippen LogP contribution >= 0.6 is 0 Å². The molecule has 1 atom stereocenters. The Bertz CT molecular complexity index is 757. The van der Waals surface area contributed by atoms with Crippen molar-refractivity contribution in [2.24, 2.45) is 0 Å². The summed E-state index contributed by atoms with van der Waals surface area (Å²) in [6.07, 6.45) is -0.550. The number of fused-ring (bicyclic) bond motifs is 3. The Labute approximate surface area is 158 Å². The maximum Gasteiger partial charge on any atom is 0.407 e. The van der Waals surface area contributed by atoms with E-state index in [1.807, 2.05) is 24.3 Å². The average molecular weight is 369 g/mol. The van der Waals surface area contributed by atoms with Crippen LogP contribution in [0.5, 0.6) is 0 Å². The monoisotopic (exact) mass is 369 g/mol. The molecule has 2 aromatic carbocycles. The largest absolute Gasteiger partial charge is 0.449 e. The number of benzene rings is 2. The quantitative estimate of drug-likeness (QED) is 0.819. The van der Waals surface area contributed by atoms with Gasteiger partial charge in [0.05, 0.1) is 25.9 Å². The van der Waals surface area contributed by atoms with Gasteiger partial charge >= 0.3 is 6.09 Å². The molecule has 0 saturated carbocycles. The first-order chi connectivity index (χ1) is 13.3. The van der Waals surface area contributed by atoms with E-state index in [4.69, 9.17) is 14.2 Å². The predicted octanol–water partition coefficient (Wildman–Crippen LogP) is 2.65. The molecule has 1 aliphatic carbocycles. The summed E-state index contributed by atoms with van der Waals surface area (Å²) >= 11 is 0. The predicted molar refractivity (Wildman–Crippen MR) is 99.4 cm³/mol. The molecule has 27 heavy (non-hydrogen) atoms. The van der Waals surface area contributed by atoms with Crippen molar-refractivity contribution < 1.29 is 24.1 Å². The van der Waals surface area contributed by atoms with Crippen molar-refractivity contribution in [1.29, 1.82) is 0 Å². The van der Waals surface area contributed by atoms with Gasteiger partial charge in [-0.1, -0.05) is 48.5 Å². The molecule has 1 aliphatic heterocycles. The Morgan fingerprint density at radius 3 is 2.26 bits per heavy atom. The van der Waals surface area contributed by atoms with Crippen molar-refractivity contribution in [3.8, 4) is 11.1 Å². The molecular weight excluding hydrogens is 346 g/mol. The zero-order valence-corrected chi connectivity index (χ0v) is 15.0. The fourth-order valence-electron chi connectivity index (χ4n) is 3.76. The van der Waals surface area contributed by atoms with Gasteiger partial charge in [-0.3, -0.25) is 0 Å². The van der Waals surface area contributed by atoms with E-state index in [0.717, 1.165) is 11.1 Å². The minimum Gasteiger partial charge on any atom is -0.449 e. The molecule has 6 nitrogen and oxygen atoms in total. The molecule has 1 heterocycles. The highest BCUT2D eigenvalue weighted by atomic mass is 16.7. The fraction of sp³-hybridized carbons (Fsp3) is 0.381. The van der Waals surface area contributed by atoms with Crippen LogP contribution < -0.4 is 5.32 Å². The molecule has 0 spiro atoms. The molecule has 0 bridgehead atoms. The van der Waals surface area contributed by atoms with Gasteiger partial charge in [0.15, 0.2) is 6.29 Å². The van der Waals surface area contributed by atoms with Crippen LogP contribution in [0.4, 0.5) is 4.79 Å². The van der Waals surface area contributed by atoms with Crippen molar-refractivity contribution in [2.45, 2.75) is 24.7 Å². The van der Waals surface area contributed by atoms with Gasteiger partial charge in [0.2, 0.25) is 0 Å². The van der Waals surface area contributed by atoms with E-state index in [0.29, 0.717) is 19.6 Å². The first-order valence-electron chi connectivity index (χ1n) is 9.22. The SMILES string of the molecule is O=C(NC(CO)CC1OCCO1)OCC1c2ccccc2-c2ccccc21. The van der Waals surface area contributed by atoms with E-state index in [1.165, 1.54) is 11.1 Å². The Morgan fingerprint density at radius 1 is 1.07 bits per heavy atom. The van der Waals surface area contributed by atoms with Gasteiger partial charge < -0.3 is 24.6 Å². The normalized spacial score (nSPS) is 17.4. The highest BCUT2D eigenvalue weighted by Gasteiger charge is 2.29.